The number of benzene rings is 1. The molecule has 1 amide bonds. The van der Waals surface area contributed by atoms with E-state index in [2.05, 4.69) is 22.9 Å². The van der Waals surface area contributed by atoms with Crippen LogP contribution in [0.2, 0.25) is 0 Å². The van der Waals surface area contributed by atoms with Crippen LogP contribution in [0.3, 0.4) is 0 Å². The number of alkyl halides is 1. The zero-order valence-corrected chi connectivity index (χ0v) is 10.7. The fraction of sp³-hybridized carbons (Fsp3) is 0.417. The number of halogens is 1. The number of carbonyl (C=O) groups is 1. The smallest absolute Gasteiger partial charge is 0.253 e. The molecule has 1 rings (SSSR count). The van der Waals surface area contributed by atoms with Crippen LogP contribution < -0.4 is 0 Å². The van der Waals surface area contributed by atoms with Crippen LogP contribution in [0.25, 0.3) is 0 Å². The molecule has 0 saturated carbocycles. The van der Waals surface area contributed by atoms with Crippen LogP contribution in [0.4, 0.5) is 0 Å². The van der Waals surface area contributed by atoms with Crippen LogP contribution in [0.5, 0.6) is 0 Å². The van der Waals surface area contributed by atoms with Gasteiger partial charge in [0, 0.05) is 24.0 Å². The topological polar surface area (TPSA) is 20.3 Å². The van der Waals surface area contributed by atoms with Crippen molar-refractivity contribution in [2.75, 3.05) is 13.6 Å². The van der Waals surface area contributed by atoms with E-state index in [-0.39, 0.29) is 5.91 Å². The standard InChI is InChI=1S/C12H16BrNO/c1-10(13)8-9-14(2)12(15)11-6-4-3-5-7-11/h3-7,10H,8-9H2,1-2H3. The lowest BCUT2D eigenvalue weighted by Gasteiger charge is -2.17. The van der Waals surface area contributed by atoms with Gasteiger partial charge in [-0.3, -0.25) is 4.79 Å². The van der Waals surface area contributed by atoms with Gasteiger partial charge in [0.25, 0.3) is 5.91 Å². The summed E-state index contributed by atoms with van der Waals surface area (Å²) in [6.45, 7) is 2.86. The van der Waals surface area contributed by atoms with Crippen molar-refractivity contribution >= 4 is 21.8 Å². The number of rotatable bonds is 4. The molecule has 0 aliphatic rings. The zero-order chi connectivity index (χ0) is 11.3. The largest absolute Gasteiger partial charge is 0.342 e. The highest BCUT2D eigenvalue weighted by Gasteiger charge is 2.10. The Morgan fingerprint density at radius 1 is 1.40 bits per heavy atom. The van der Waals surface area contributed by atoms with E-state index in [1.807, 2.05) is 37.4 Å². The van der Waals surface area contributed by atoms with E-state index >= 15 is 0 Å². The molecule has 0 spiro atoms. The van der Waals surface area contributed by atoms with Crippen molar-refractivity contribution in [3.8, 4) is 0 Å². The zero-order valence-electron chi connectivity index (χ0n) is 9.11. The normalized spacial score (nSPS) is 12.2. The van der Waals surface area contributed by atoms with Crippen LogP contribution in [-0.2, 0) is 0 Å². The Labute approximate surface area is 99.4 Å². The van der Waals surface area contributed by atoms with Crippen LogP contribution in [0, 0.1) is 0 Å². The van der Waals surface area contributed by atoms with Crippen molar-refractivity contribution in [2.24, 2.45) is 0 Å². The average molecular weight is 270 g/mol. The molecular formula is C12H16BrNO. The first-order valence-corrected chi connectivity index (χ1v) is 5.97. The number of amides is 1. The first-order chi connectivity index (χ1) is 7.11. The molecule has 0 aromatic heterocycles. The Morgan fingerprint density at radius 2 is 2.00 bits per heavy atom. The highest BCUT2D eigenvalue weighted by Crippen LogP contribution is 2.07. The predicted molar refractivity (Wildman–Crippen MR) is 66.4 cm³/mol. The molecule has 15 heavy (non-hydrogen) atoms. The summed E-state index contributed by atoms with van der Waals surface area (Å²) >= 11 is 3.47. The second-order valence-corrected chi connectivity index (χ2v) is 5.23. The maximum atomic E-state index is 11.9. The van der Waals surface area contributed by atoms with Crippen molar-refractivity contribution in [3.63, 3.8) is 0 Å². The van der Waals surface area contributed by atoms with E-state index in [0.29, 0.717) is 4.83 Å². The highest BCUT2D eigenvalue weighted by molar-refractivity contribution is 9.09. The van der Waals surface area contributed by atoms with E-state index in [4.69, 9.17) is 0 Å². The summed E-state index contributed by atoms with van der Waals surface area (Å²) in [6, 6.07) is 9.37. The molecule has 0 bridgehead atoms. The lowest BCUT2D eigenvalue weighted by atomic mass is 10.2. The van der Waals surface area contributed by atoms with E-state index in [0.717, 1.165) is 18.5 Å². The molecule has 1 aromatic rings. The third-order valence-electron chi connectivity index (χ3n) is 2.23. The van der Waals surface area contributed by atoms with Crippen LogP contribution >= 0.6 is 15.9 Å². The van der Waals surface area contributed by atoms with Gasteiger partial charge >= 0.3 is 0 Å². The molecular weight excluding hydrogens is 254 g/mol. The van der Waals surface area contributed by atoms with Crippen molar-refractivity contribution < 1.29 is 4.79 Å². The van der Waals surface area contributed by atoms with Crippen molar-refractivity contribution in [3.05, 3.63) is 35.9 Å². The molecule has 1 unspecified atom stereocenters. The first-order valence-electron chi connectivity index (χ1n) is 5.06. The molecule has 0 aliphatic carbocycles. The monoisotopic (exact) mass is 269 g/mol. The minimum Gasteiger partial charge on any atom is -0.342 e. The SMILES string of the molecule is CC(Br)CCN(C)C(=O)c1ccccc1. The number of hydrogen-bond donors (Lipinski definition) is 0. The van der Waals surface area contributed by atoms with Gasteiger partial charge in [0.1, 0.15) is 0 Å². The van der Waals surface area contributed by atoms with Gasteiger partial charge in [0.05, 0.1) is 0 Å². The molecule has 0 saturated heterocycles. The Hall–Kier alpha value is -0.830. The van der Waals surface area contributed by atoms with Gasteiger partial charge in [0.15, 0.2) is 0 Å². The molecule has 0 fully saturated rings. The molecule has 1 atom stereocenters. The van der Waals surface area contributed by atoms with Gasteiger partial charge in [-0.25, -0.2) is 0 Å². The third-order valence-corrected chi connectivity index (χ3v) is 2.69. The molecule has 0 heterocycles. The van der Waals surface area contributed by atoms with Gasteiger partial charge in [-0.2, -0.15) is 0 Å². The fourth-order valence-electron chi connectivity index (χ4n) is 1.27. The van der Waals surface area contributed by atoms with Crippen LogP contribution in [0.1, 0.15) is 23.7 Å². The number of hydrogen-bond acceptors (Lipinski definition) is 1. The maximum absolute atomic E-state index is 11.9. The minimum absolute atomic E-state index is 0.0868. The molecule has 2 nitrogen and oxygen atoms in total. The second kappa shape index (κ2) is 5.91. The number of carbonyl (C=O) groups excluding carboxylic acids is 1. The van der Waals surface area contributed by atoms with E-state index < -0.39 is 0 Å². The summed E-state index contributed by atoms with van der Waals surface area (Å²) in [5.41, 5.74) is 0.752. The van der Waals surface area contributed by atoms with E-state index in [1.54, 1.807) is 4.90 Å². The highest BCUT2D eigenvalue weighted by atomic mass is 79.9. The van der Waals surface area contributed by atoms with Gasteiger partial charge in [-0.1, -0.05) is 41.1 Å². The van der Waals surface area contributed by atoms with Crippen molar-refractivity contribution in [1.82, 2.24) is 4.90 Å². The average Bonchev–Trinajstić information content (AvgIpc) is 2.26. The minimum atomic E-state index is 0.0868. The summed E-state index contributed by atoms with van der Waals surface area (Å²) in [7, 11) is 1.84. The van der Waals surface area contributed by atoms with Crippen molar-refractivity contribution in [1.29, 1.82) is 0 Å². The predicted octanol–water partition coefficient (Wildman–Crippen LogP) is 2.93. The van der Waals surface area contributed by atoms with Gasteiger partial charge in [-0.15, -0.1) is 0 Å². The van der Waals surface area contributed by atoms with Crippen LogP contribution in [-0.4, -0.2) is 29.2 Å². The third kappa shape index (κ3) is 4.04. The summed E-state index contributed by atoms with van der Waals surface area (Å²) in [6.07, 6.45) is 0.967. The fourth-order valence-corrected chi connectivity index (χ4v) is 1.48. The Morgan fingerprint density at radius 3 is 2.53 bits per heavy atom. The maximum Gasteiger partial charge on any atom is 0.253 e. The van der Waals surface area contributed by atoms with Gasteiger partial charge in [0.2, 0.25) is 0 Å². The lowest BCUT2D eigenvalue weighted by molar-refractivity contribution is 0.0794. The quantitative estimate of drug-likeness (QED) is 0.770. The molecule has 0 radical (unpaired) electrons. The molecule has 82 valence electrons. The first kappa shape index (κ1) is 12.2. The second-order valence-electron chi connectivity index (χ2n) is 3.66. The molecule has 3 heteroatoms. The summed E-state index contributed by atoms with van der Waals surface area (Å²) in [5, 5.41) is 0. The van der Waals surface area contributed by atoms with E-state index in [1.165, 1.54) is 0 Å². The summed E-state index contributed by atoms with van der Waals surface area (Å²) in [4.78, 5) is 14.1. The summed E-state index contributed by atoms with van der Waals surface area (Å²) < 4.78 is 0. The lowest BCUT2D eigenvalue weighted by Crippen LogP contribution is -2.28. The number of nitrogens with zero attached hydrogens (tertiary/aromatic N) is 1. The van der Waals surface area contributed by atoms with E-state index in [9.17, 15) is 4.79 Å². The van der Waals surface area contributed by atoms with Gasteiger partial charge < -0.3 is 4.90 Å². The van der Waals surface area contributed by atoms with Crippen molar-refractivity contribution in [2.45, 2.75) is 18.2 Å². The molecule has 1 aromatic carbocycles. The summed E-state index contributed by atoms with van der Waals surface area (Å²) in [5.74, 6) is 0.0868. The van der Waals surface area contributed by atoms with Gasteiger partial charge in [-0.05, 0) is 18.6 Å². The molecule has 0 N–H and O–H groups in total. The Kier molecular flexibility index (Phi) is 4.82. The Bertz CT molecular complexity index is 311. The Balaban J connectivity index is 2.54. The van der Waals surface area contributed by atoms with Crippen LogP contribution in [0.15, 0.2) is 30.3 Å². The molecule has 0 aliphatic heterocycles.